The number of nitrogens with zero attached hydrogens (tertiary/aromatic N) is 2. The van der Waals surface area contributed by atoms with Crippen LogP contribution in [0.2, 0.25) is 10.0 Å². The third kappa shape index (κ3) is 5.69. The quantitative estimate of drug-likeness (QED) is 0.678. The van der Waals surface area contributed by atoms with Gasteiger partial charge in [0.05, 0.1) is 16.1 Å². The minimum absolute atomic E-state index is 0.0140. The van der Waals surface area contributed by atoms with Gasteiger partial charge in [0, 0.05) is 38.9 Å². The highest BCUT2D eigenvalue weighted by Gasteiger charge is 2.40. The Balaban J connectivity index is 1.81. The molecule has 3 amide bonds. The van der Waals surface area contributed by atoms with Crippen molar-refractivity contribution in [2.75, 3.05) is 20.1 Å². The summed E-state index contributed by atoms with van der Waals surface area (Å²) in [6.45, 7) is 0.548. The van der Waals surface area contributed by atoms with Crippen molar-refractivity contribution < 1.29 is 23.5 Å². The van der Waals surface area contributed by atoms with Gasteiger partial charge in [-0.15, -0.1) is 0 Å². The van der Waals surface area contributed by atoms with Crippen LogP contribution in [0.4, 0.5) is 9.18 Å². The number of hydrogen-bond donors (Lipinski definition) is 1. The molecule has 0 aliphatic carbocycles. The Morgan fingerprint density at radius 2 is 1.78 bits per heavy atom. The Kier molecular flexibility index (Phi) is 7.58. The average molecular weight is 482 g/mol. The summed E-state index contributed by atoms with van der Waals surface area (Å²) in [5.41, 5.74) is 5.96. The summed E-state index contributed by atoms with van der Waals surface area (Å²) in [6, 6.07) is 9.81. The number of carbonyl (C=O) groups is 3. The molecule has 0 spiro atoms. The second kappa shape index (κ2) is 10.2. The number of primary amides is 1. The molecule has 2 aromatic carbocycles. The summed E-state index contributed by atoms with van der Waals surface area (Å²) in [6.07, 6.45) is -0.724. The number of rotatable bonds is 6. The van der Waals surface area contributed by atoms with Crippen LogP contribution in [0.5, 0.6) is 5.75 Å². The maximum atomic E-state index is 13.1. The largest absolute Gasteiger partial charge is 0.415 e. The zero-order valence-corrected chi connectivity index (χ0v) is 18.8. The normalized spacial score (nSPS) is 17.8. The number of halogens is 3. The Labute approximate surface area is 194 Å². The predicted molar refractivity (Wildman–Crippen MR) is 118 cm³/mol. The smallest absolute Gasteiger partial charge is 0.410 e. The summed E-state index contributed by atoms with van der Waals surface area (Å²) in [5, 5.41) is 0.751. The summed E-state index contributed by atoms with van der Waals surface area (Å²) >= 11 is 12.2. The highest BCUT2D eigenvalue weighted by molar-refractivity contribution is 6.42. The van der Waals surface area contributed by atoms with Crippen LogP contribution in [0.15, 0.2) is 42.5 Å². The van der Waals surface area contributed by atoms with Crippen LogP contribution in [0, 0.1) is 5.82 Å². The van der Waals surface area contributed by atoms with Gasteiger partial charge in [-0.1, -0.05) is 29.3 Å². The second-order valence-corrected chi connectivity index (χ2v) is 8.36. The molecule has 0 radical (unpaired) electrons. The van der Waals surface area contributed by atoms with E-state index in [0.29, 0.717) is 16.6 Å². The zero-order chi connectivity index (χ0) is 23.4. The maximum Gasteiger partial charge on any atom is 0.415 e. The first kappa shape index (κ1) is 23.8. The summed E-state index contributed by atoms with van der Waals surface area (Å²) in [7, 11) is 1.57. The monoisotopic (exact) mass is 481 g/mol. The van der Waals surface area contributed by atoms with Gasteiger partial charge in [0.25, 0.3) is 0 Å². The maximum absolute atomic E-state index is 13.1. The molecule has 170 valence electrons. The van der Waals surface area contributed by atoms with Crippen molar-refractivity contribution in [3.05, 3.63) is 63.9 Å². The van der Waals surface area contributed by atoms with E-state index in [-0.39, 0.29) is 37.0 Å². The van der Waals surface area contributed by atoms with Crippen molar-refractivity contribution in [1.29, 1.82) is 0 Å². The molecule has 2 atom stereocenters. The fourth-order valence-corrected chi connectivity index (χ4v) is 3.96. The van der Waals surface area contributed by atoms with Crippen LogP contribution < -0.4 is 10.5 Å². The van der Waals surface area contributed by atoms with E-state index in [0.717, 1.165) is 5.56 Å². The van der Waals surface area contributed by atoms with E-state index in [1.807, 2.05) is 0 Å². The molecule has 0 unspecified atom stereocenters. The molecule has 1 saturated heterocycles. The Hall–Kier alpha value is -2.84. The Morgan fingerprint density at radius 1 is 1.09 bits per heavy atom. The van der Waals surface area contributed by atoms with Crippen molar-refractivity contribution in [3.8, 4) is 5.75 Å². The van der Waals surface area contributed by atoms with Gasteiger partial charge in [-0.25, -0.2) is 9.18 Å². The lowest BCUT2D eigenvalue weighted by atomic mass is 9.93. The third-order valence-electron chi connectivity index (χ3n) is 5.40. The molecule has 0 saturated carbocycles. The highest BCUT2D eigenvalue weighted by Crippen LogP contribution is 2.35. The molecule has 1 fully saturated rings. The summed E-state index contributed by atoms with van der Waals surface area (Å²) < 4.78 is 18.5. The van der Waals surface area contributed by atoms with Gasteiger partial charge in [0.15, 0.2) is 0 Å². The topological polar surface area (TPSA) is 92.9 Å². The Morgan fingerprint density at radius 3 is 2.41 bits per heavy atom. The van der Waals surface area contributed by atoms with E-state index in [9.17, 15) is 18.8 Å². The SMILES string of the molecule is CN(C(=O)Oc1ccc(F)cc1)[C@H]1CN(C(=O)CCC(N)=O)C[C@@H]1c1ccc(Cl)c(Cl)c1. The van der Waals surface area contributed by atoms with E-state index in [1.165, 1.54) is 29.2 Å². The van der Waals surface area contributed by atoms with E-state index >= 15 is 0 Å². The van der Waals surface area contributed by atoms with E-state index < -0.39 is 23.9 Å². The molecule has 0 bridgehead atoms. The van der Waals surface area contributed by atoms with E-state index in [2.05, 4.69) is 0 Å². The molecule has 0 aromatic heterocycles. The minimum atomic E-state index is -0.655. The number of ether oxygens (including phenoxy) is 1. The van der Waals surface area contributed by atoms with Crippen LogP contribution in [0.1, 0.15) is 24.3 Å². The van der Waals surface area contributed by atoms with Gasteiger partial charge in [0.2, 0.25) is 11.8 Å². The van der Waals surface area contributed by atoms with Gasteiger partial charge in [-0.2, -0.15) is 0 Å². The first-order valence-corrected chi connectivity index (χ1v) is 10.6. The molecule has 32 heavy (non-hydrogen) atoms. The lowest BCUT2D eigenvalue weighted by Gasteiger charge is -2.28. The van der Waals surface area contributed by atoms with Crippen molar-refractivity contribution in [1.82, 2.24) is 9.80 Å². The lowest BCUT2D eigenvalue weighted by molar-refractivity contribution is -0.132. The molecule has 1 aliphatic heterocycles. The molecule has 7 nitrogen and oxygen atoms in total. The number of hydrogen-bond acceptors (Lipinski definition) is 4. The first-order chi connectivity index (χ1) is 15.2. The highest BCUT2D eigenvalue weighted by atomic mass is 35.5. The second-order valence-electron chi connectivity index (χ2n) is 7.55. The van der Waals surface area contributed by atoms with Crippen LogP contribution in [-0.2, 0) is 9.59 Å². The molecular formula is C22H22Cl2FN3O4. The molecule has 10 heteroatoms. The van der Waals surface area contributed by atoms with Crippen LogP contribution in [-0.4, -0.2) is 53.9 Å². The lowest BCUT2D eigenvalue weighted by Crippen LogP contribution is -2.43. The first-order valence-electron chi connectivity index (χ1n) is 9.87. The standard InChI is InChI=1S/C22H22Cl2FN3O4/c1-27(22(31)32-15-5-3-14(25)4-6-15)19-12-28(21(30)9-8-20(26)29)11-16(19)13-2-7-17(23)18(24)10-13/h2-7,10,16,19H,8-9,11-12H2,1H3,(H2,26,29)/t16-,19+/m1/s1. The number of nitrogens with two attached hydrogens (primary N) is 1. The van der Waals surface area contributed by atoms with Gasteiger partial charge in [-0.05, 0) is 42.0 Å². The number of likely N-dealkylation sites (tertiary alicyclic amines) is 1. The van der Waals surface area contributed by atoms with Crippen molar-refractivity contribution in [3.63, 3.8) is 0 Å². The van der Waals surface area contributed by atoms with Gasteiger partial charge in [0.1, 0.15) is 11.6 Å². The molecule has 1 heterocycles. The fraction of sp³-hybridized carbons (Fsp3) is 0.318. The third-order valence-corrected chi connectivity index (χ3v) is 6.14. The molecule has 2 N–H and O–H groups in total. The van der Waals surface area contributed by atoms with Crippen molar-refractivity contribution in [2.45, 2.75) is 24.8 Å². The minimum Gasteiger partial charge on any atom is -0.410 e. The molecule has 3 rings (SSSR count). The summed E-state index contributed by atoms with van der Waals surface area (Å²) in [4.78, 5) is 39.4. The predicted octanol–water partition coefficient (Wildman–Crippen LogP) is 3.82. The molecule has 2 aromatic rings. The number of likely N-dealkylation sites (N-methyl/N-ethyl adjacent to an activating group) is 1. The molecule has 1 aliphatic rings. The van der Waals surface area contributed by atoms with Gasteiger partial charge in [-0.3, -0.25) is 9.59 Å². The number of amides is 3. The number of benzene rings is 2. The van der Waals surface area contributed by atoms with Crippen molar-refractivity contribution >= 4 is 41.1 Å². The van der Waals surface area contributed by atoms with Crippen LogP contribution in [0.3, 0.4) is 0 Å². The Bertz CT molecular complexity index is 1020. The van der Waals surface area contributed by atoms with E-state index in [1.54, 1.807) is 30.1 Å². The summed E-state index contributed by atoms with van der Waals surface area (Å²) in [5.74, 6) is -1.32. The fourth-order valence-electron chi connectivity index (χ4n) is 3.65. The average Bonchev–Trinajstić information content (AvgIpc) is 3.20. The van der Waals surface area contributed by atoms with Crippen LogP contribution in [0.25, 0.3) is 0 Å². The van der Waals surface area contributed by atoms with Gasteiger partial charge >= 0.3 is 6.09 Å². The molecular weight excluding hydrogens is 460 g/mol. The van der Waals surface area contributed by atoms with E-state index in [4.69, 9.17) is 33.7 Å². The zero-order valence-electron chi connectivity index (χ0n) is 17.3. The van der Waals surface area contributed by atoms with Gasteiger partial charge < -0.3 is 20.3 Å². The van der Waals surface area contributed by atoms with Crippen molar-refractivity contribution in [2.24, 2.45) is 5.73 Å². The van der Waals surface area contributed by atoms with Crippen LogP contribution >= 0.6 is 23.2 Å². The number of carbonyl (C=O) groups excluding carboxylic acids is 3.